The van der Waals surface area contributed by atoms with Gasteiger partial charge in [-0.2, -0.15) is 0 Å². The Hall–Kier alpha value is -1.36. The lowest BCUT2D eigenvalue weighted by molar-refractivity contribution is -0.150. The molecule has 0 heterocycles. The van der Waals surface area contributed by atoms with Crippen LogP contribution >= 0.6 is 0 Å². The minimum atomic E-state index is -0.313. The van der Waals surface area contributed by atoms with Crippen LogP contribution in [0.2, 0.25) is 0 Å². The number of fused-ring (bicyclic) bond motifs is 1. The van der Waals surface area contributed by atoms with Gasteiger partial charge in [-0.1, -0.05) is 33.8 Å². The maximum absolute atomic E-state index is 11.6. The molecule has 0 amide bonds. The SMILES string of the molecule is C=C1[C@@H](OC(C)=O)C[C@H]2[C@H](CC)[C@@H]([C@@]3(C)CC[C@H](O)C[C@@H]3COC(C)=O)CC[C@]12C. The Kier molecular flexibility index (Phi) is 6.71. The molecule has 0 aromatic heterocycles. The maximum atomic E-state index is 11.6. The van der Waals surface area contributed by atoms with E-state index in [2.05, 4.69) is 27.4 Å². The predicted molar refractivity (Wildman–Crippen MR) is 116 cm³/mol. The Labute approximate surface area is 181 Å². The summed E-state index contributed by atoms with van der Waals surface area (Å²) in [4.78, 5) is 23.1. The molecular weight excluding hydrogens is 380 g/mol. The summed E-state index contributed by atoms with van der Waals surface area (Å²) in [7, 11) is 0. The van der Waals surface area contributed by atoms with E-state index in [1.54, 1.807) is 0 Å². The average Bonchev–Trinajstić information content (AvgIpc) is 2.92. The first-order valence-electron chi connectivity index (χ1n) is 11.7. The van der Waals surface area contributed by atoms with Gasteiger partial charge < -0.3 is 14.6 Å². The number of aliphatic hydroxyl groups is 1. The fourth-order valence-corrected chi connectivity index (χ4v) is 7.25. The van der Waals surface area contributed by atoms with Crippen LogP contribution in [-0.4, -0.2) is 35.9 Å². The van der Waals surface area contributed by atoms with Gasteiger partial charge in [-0.15, -0.1) is 0 Å². The van der Waals surface area contributed by atoms with Crippen LogP contribution in [0.3, 0.4) is 0 Å². The average molecular weight is 421 g/mol. The third kappa shape index (κ3) is 4.06. The van der Waals surface area contributed by atoms with E-state index in [0.29, 0.717) is 30.8 Å². The predicted octanol–water partition coefficient (Wildman–Crippen LogP) is 4.67. The topological polar surface area (TPSA) is 72.8 Å². The molecular formula is C25H40O5. The summed E-state index contributed by atoms with van der Waals surface area (Å²) in [6.07, 6.45) is 6.05. The number of hydrogen-bond donors (Lipinski definition) is 1. The van der Waals surface area contributed by atoms with E-state index < -0.39 is 0 Å². The minimum Gasteiger partial charge on any atom is -0.466 e. The number of esters is 2. The summed E-state index contributed by atoms with van der Waals surface area (Å²) in [5, 5.41) is 10.3. The van der Waals surface area contributed by atoms with Gasteiger partial charge in [0.2, 0.25) is 0 Å². The van der Waals surface area contributed by atoms with Crippen molar-refractivity contribution in [2.45, 2.75) is 91.8 Å². The van der Waals surface area contributed by atoms with Crippen LogP contribution < -0.4 is 0 Å². The van der Waals surface area contributed by atoms with Crippen LogP contribution in [0.1, 0.15) is 79.6 Å². The molecule has 170 valence electrons. The van der Waals surface area contributed by atoms with Crippen LogP contribution in [0, 0.1) is 34.5 Å². The van der Waals surface area contributed by atoms with Gasteiger partial charge in [0.1, 0.15) is 6.10 Å². The van der Waals surface area contributed by atoms with Crippen LogP contribution in [-0.2, 0) is 19.1 Å². The molecule has 0 aromatic carbocycles. The number of rotatable bonds is 5. The molecule has 0 aliphatic heterocycles. The number of aliphatic hydroxyl groups excluding tert-OH is 1. The minimum absolute atomic E-state index is 0.00716. The van der Waals surface area contributed by atoms with E-state index in [-0.39, 0.29) is 40.9 Å². The Morgan fingerprint density at radius 1 is 1.10 bits per heavy atom. The van der Waals surface area contributed by atoms with Crippen molar-refractivity contribution in [1.82, 2.24) is 0 Å². The molecule has 0 unspecified atom stereocenters. The Balaban J connectivity index is 1.88. The van der Waals surface area contributed by atoms with Crippen molar-refractivity contribution in [3.05, 3.63) is 12.2 Å². The highest BCUT2D eigenvalue weighted by molar-refractivity contribution is 5.66. The monoisotopic (exact) mass is 420 g/mol. The molecule has 3 rings (SSSR count). The lowest BCUT2D eigenvalue weighted by Crippen LogP contribution is -2.51. The second kappa shape index (κ2) is 8.64. The molecule has 1 N–H and O–H groups in total. The van der Waals surface area contributed by atoms with Crippen molar-refractivity contribution < 1.29 is 24.2 Å². The van der Waals surface area contributed by atoms with Crippen LogP contribution in [0.4, 0.5) is 0 Å². The summed E-state index contributed by atoms with van der Waals surface area (Å²) >= 11 is 0. The molecule has 3 fully saturated rings. The standard InChI is InChI=1S/C25H40O5/c1-7-20-21(25(6)10-8-19(28)12-18(25)14-29-16(3)26)9-11-24(5)15(2)23(13-22(20)24)30-17(4)27/h18-23,28H,2,7-14H2,1,3-6H3/t18-,19+,20-,21+,22+,23+,24-,25+/m1/s1. The highest BCUT2D eigenvalue weighted by Gasteiger charge is 2.59. The van der Waals surface area contributed by atoms with E-state index in [0.717, 1.165) is 44.1 Å². The first-order chi connectivity index (χ1) is 14.0. The first-order valence-corrected chi connectivity index (χ1v) is 11.7. The smallest absolute Gasteiger partial charge is 0.303 e. The summed E-state index contributed by atoms with van der Waals surface area (Å²) in [6.45, 7) is 14.6. The second-order valence-electron chi connectivity index (χ2n) is 10.5. The van der Waals surface area contributed by atoms with E-state index in [9.17, 15) is 14.7 Å². The molecule has 5 heteroatoms. The highest BCUT2D eigenvalue weighted by Crippen LogP contribution is 2.64. The van der Waals surface area contributed by atoms with Crippen molar-refractivity contribution in [3.8, 4) is 0 Å². The van der Waals surface area contributed by atoms with Gasteiger partial charge in [-0.3, -0.25) is 9.59 Å². The van der Waals surface area contributed by atoms with Crippen molar-refractivity contribution >= 4 is 11.9 Å². The van der Waals surface area contributed by atoms with Crippen molar-refractivity contribution in [2.75, 3.05) is 6.61 Å². The Bertz CT molecular complexity index is 687. The lowest BCUT2D eigenvalue weighted by atomic mass is 9.49. The van der Waals surface area contributed by atoms with Gasteiger partial charge in [-0.25, -0.2) is 0 Å². The number of carbonyl (C=O) groups excluding carboxylic acids is 2. The highest BCUT2D eigenvalue weighted by atomic mass is 16.5. The molecule has 3 aliphatic carbocycles. The van der Waals surface area contributed by atoms with E-state index >= 15 is 0 Å². The zero-order valence-corrected chi connectivity index (χ0v) is 19.4. The van der Waals surface area contributed by atoms with Gasteiger partial charge in [-0.05, 0) is 72.7 Å². The fraction of sp³-hybridized carbons (Fsp3) is 0.840. The van der Waals surface area contributed by atoms with E-state index in [4.69, 9.17) is 9.47 Å². The molecule has 8 atom stereocenters. The molecule has 0 spiro atoms. The zero-order chi connectivity index (χ0) is 22.3. The number of carbonyl (C=O) groups is 2. The van der Waals surface area contributed by atoms with Crippen molar-refractivity contribution in [2.24, 2.45) is 34.5 Å². The summed E-state index contributed by atoms with van der Waals surface area (Å²) in [5.41, 5.74) is 1.12. The third-order valence-corrected chi connectivity index (χ3v) is 9.04. The molecule has 3 saturated carbocycles. The largest absolute Gasteiger partial charge is 0.466 e. The van der Waals surface area contributed by atoms with Crippen LogP contribution in [0.5, 0.6) is 0 Å². The van der Waals surface area contributed by atoms with Gasteiger partial charge in [0, 0.05) is 19.8 Å². The normalized spacial score (nSPS) is 43.7. The molecule has 0 radical (unpaired) electrons. The van der Waals surface area contributed by atoms with Crippen LogP contribution in [0.15, 0.2) is 12.2 Å². The summed E-state index contributed by atoms with van der Waals surface area (Å²) < 4.78 is 11.1. The van der Waals surface area contributed by atoms with Gasteiger partial charge >= 0.3 is 11.9 Å². The number of ether oxygens (including phenoxy) is 2. The van der Waals surface area contributed by atoms with Gasteiger partial charge in [0.25, 0.3) is 0 Å². The molecule has 30 heavy (non-hydrogen) atoms. The molecule has 0 aromatic rings. The summed E-state index contributed by atoms with van der Waals surface area (Å²) in [5.74, 6) is 1.12. The summed E-state index contributed by atoms with van der Waals surface area (Å²) in [6, 6.07) is 0. The van der Waals surface area contributed by atoms with E-state index in [1.165, 1.54) is 13.8 Å². The maximum Gasteiger partial charge on any atom is 0.303 e. The Morgan fingerprint density at radius 2 is 1.80 bits per heavy atom. The molecule has 0 bridgehead atoms. The van der Waals surface area contributed by atoms with E-state index in [1.807, 2.05) is 0 Å². The van der Waals surface area contributed by atoms with Gasteiger partial charge in [0.05, 0.1) is 12.7 Å². The van der Waals surface area contributed by atoms with Gasteiger partial charge in [0.15, 0.2) is 0 Å². The fourth-order valence-electron chi connectivity index (χ4n) is 7.25. The molecule has 0 saturated heterocycles. The number of hydrogen-bond acceptors (Lipinski definition) is 5. The van der Waals surface area contributed by atoms with Crippen LogP contribution in [0.25, 0.3) is 0 Å². The van der Waals surface area contributed by atoms with Crippen molar-refractivity contribution in [1.29, 1.82) is 0 Å². The van der Waals surface area contributed by atoms with Crippen molar-refractivity contribution in [3.63, 3.8) is 0 Å². The lowest BCUT2D eigenvalue weighted by Gasteiger charge is -2.56. The zero-order valence-electron chi connectivity index (χ0n) is 19.4. The first kappa shape index (κ1) is 23.3. The second-order valence-corrected chi connectivity index (χ2v) is 10.5. The third-order valence-electron chi connectivity index (χ3n) is 9.04. The Morgan fingerprint density at radius 3 is 2.40 bits per heavy atom. The molecule has 3 aliphatic rings. The molecule has 5 nitrogen and oxygen atoms in total. The quantitative estimate of drug-likeness (QED) is 0.517.